The molecule has 1 aromatic rings. The lowest BCUT2D eigenvalue weighted by Crippen LogP contribution is -2.59. The molecular weight excluding hydrogens is 408 g/mol. The fourth-order valence-corrected chi connectivity index (χ4v) is 5.20. The first-order valence-electron chi connectivity index (χ1n) is 11.9. The first kappa shape index (κ1) is 24.2. The Kier molecular flexibility index (Phi) is 8.67. The summed E-state index contributed by atoms with van der Waals surface area (Å²) in [7, 11) is 0. The molecule has 1 saturated carbocycles. The van der Waals surface area contributed by atoms with Gasteiger partial charge >= 0.3 is 11.9 Å². The topological polar surface area (TPSA) is 95.9 Å². The van der Waals surface area contributed by atoms with E-state index in [2.05, 4.69) is 5.32 Å². The highest BCUT2D eigenvalue weighted by molar-refractivity contribution is 5.87. The van der Waals surface area contributed by atoms with Crippen LogP contribution < -0.4 is 5.32 Å². The summed E-state index contributed by atoms with van der Waals surface area (Å²) in [6.07, 6.45) is 6.06. The van der Waals surface area contributed by atoms with Gasteiger partial charge in [-0.25, -0.2) is 4.79 Å². The molecule has 7 nitrogen and oxygen atoms in total. The highest BCUT2D eigenvalue weighted by atomic mass is 16.5. The molecule has 5 unspecified atom stereocenters. The predicted octanol–water partition coefficient (Wildman–Crippen LogP) is 3.02. The molecule has 0 bridgehead atoms. The van der Waals surface area contributed by atoms with Gasteiger partial charge in [-0.2, -0.15) is 0 Å². The summed E-state index contributed by atoms with van der Waals surface area (Å²) in [6, 6.07) is 7.75. The van der Waals surface area contributed by atoms with Crippen molar-refractivity contribution in [3.63, 3.8) is 0 Å². The molecule has 176 valence electrons. The quantitative estimate of drug-likeness (QED) is 0.569. The number of carboxylic acids is 1. The minimum atomic E-state index is -0.944. The van der Waals surface area contributed by atoms with Gasteiger partial charge in [0, 0.05) is 6.54 Å². The van der Waals surface area contributed by atoms with E-state index in [9.17, 15) is 19.5 Å². The van der Waals surface area contributed by atoms with Crippen LogP contribution in [0.1, 0.15) is 57.9 Å². The normalized spacial score (nSPS) is 24.8. The molecule has 0 radical (unpaired) electrons. The molecule has 3 rings (SSSR count). The standard InChI is InChI=1S/C25H36N2O5/c1-3-32-25(31)21(14-13-18-9-5-4-6-10-18)26-17(2)23(28)27-16-20-12-8-7-11-19(20)15-22(27)24(29)30/h4-6,9-10,17,19-22,26H,3,7-8,11-16H2,1-2H3,(H,29,30). The Balaban J connectivity index is 1.67. The molecule has 7 heteroatoms. The number of piperidine rings is 1. The lowest BCUT2D eigenvalue weighted by atomic mass is 9.73. The van der Waals surface area contributed by atoms with Crippen molar-refractivity contribution in [1.82, 2.24) is 10.2 Å². The minimum absolute atomic E-state index is 0.254. The number of likely N-dealkylation sites (tertiary alicyclic amines) is 1. The summed E-state index contributed by atoms with van der Waals surface area (Å²) >= 11 is 0. The van der Waals surface area contributed by atoms with E-state index in [-0.39, 0.29) is 18.5 Å². The van der Waals surface area contributed by atoms with E-state index in [1.54, 1.807) is 13.8 Å². The molecule has 1 aromatic carbocycles. The average molecular weight is 445 g/mol. The van der Waals surface area contributed by atoms with Gasteiger partial charge < -0.3 is 14.7 Å². The number of nitrogens with one attached hydrogen (secondary N) is 1. The lowest BCUT2D eigenvalue weighted by molar-refractivity contribution is -0.157. The van der Waals surface area contributed by atoms with Crippen LogP contribution in [0.15, 0.2) is 30.3 Å². The molecule has 1 saturated heterocycles. The van der Waals surface area contributed by atoms with Crippen molar-refractivity contribution in [3.05, 3.63) is 35.9 Å². The van der Waals surface area contributed by atoms with Gasteiger partial charge in [0.05, 0.1) is 12.6 Å². The SMILES string of the molecule is CCOC(=O)C(CCc1ccccc1)NC(C)C(=O)N1CC2CCCCC2CC1C(=O)O. The number of aryl methyl sites for hydroxylation is 1. The number of hydrogen-bond donors (Lipinski definition) is 2. The van der Waals surface area contributed by atoms with Crippen molar-refractivity contribution in [2.75, 3.05) is 13.2 Å². The van der Waals surface area contributed by atoms with Crippen molar-refractivity contribution in [1.29, 1.82) is 0 Å². The third kappa shape index (κ3) is 6.09. The summed E-state index contributed by atoms with van der Waals surface area (Å²) in [4.78, 5) is 39.4. The van der Waals surface area contributed by atoms with Crippen LogP contribution in [0.4, 0.5) is 0 Å². The monoisotopic (exact) mass is 444 g/mol. The number of carboxylic acid groups (broad SMARTS) is 1. The van der Waals surface area contributed by atoms with E-state index in [0.717, 1.165) is 31.2 Å². The molecule has 32 heavy (non-hydrogen) atoms. The van der Waals surface area contributed by atoms with Gasteiger partial charge in [-0.1, -0.05) is 49.6 Å². The van der Waals surface area contributed by atoms with Crippen molar-refractivity contribution >= 4 is 17.8 Å². The largest absolute Gasteiger partial charge is 0.480 e. The first-order chi connectivity index (χ1) is 15.4. The molecule has 2 fully saturated rings. The Morgan fingerprint density at radius 3 is 2.50 bits per heavy atom. The van der Waals surface area contributed by atoms with Crippen LogP contribution in [0.5, 0.6) is 0 Å². The van der Waals surface area contributed by atoms with Gasteiger partial charge in [-0.3, -0.25) is 14.9 Å². The van der Waals surface area contributed by atoms with Gasteiger partial charge in [0.15, 0.2) is 0 Å². The molecule has 1 aliphatic carbocycles. The van der Waals surface area contributed by atoms with Crippen LogP contribution >= 0.6 is 0 Å². The number of ether oxygens (including phenoxy) is 1. The Labute approximate surface area is 190 Å². The molecule has 1 aliphatic heterocycles. The minimum Gasteiger partial charge on any atom is -0.480 e. The Hall–Kier alpha value is -2.41. The van der Waals surface area contributed by atoms with Gasteiger partial charge in [0.25, 0.3) is 0 Å². The van der Waals surface area contributed by atoms with Gasteiger partial charge in [0.2, 0.25) is 5.91 Å². The number of amides is 1. The molecule has 1 amide bonds. The lowest BCUT2D eigenvalue weighted by Gasteiger charge is -2.45. The molecule has 1 heterocycles. The second-order valence-electron chi connectivity index (χ2n) is 9.10. The summed E-state index contributed by atoms with van der Waals surface area (Å²) in [6.45, 7) is 4.22. The number of rotatable bonds is 9. The smallest absolute Gasteiger partial charge is 0.326 e. The number of nitrogens with zero attached hydrogens (tertiary/aromatic N) is 1. The Morgan fingerprint density at radius 2 is 1.84 bits per heavy atom. The zero-order chi connectivity index (χ0) is 23.1. The molecule has 5 atom stereocenters. The van der Waals surface area contributed by atoms with Crippen molar-refractivity contribution in [3.8, 4) is 0 Å². The van der Waals surface area contributed by atoms with E-state index >= 15 is 0 Å². The van der Waals surface area contributed by atoms with Crippen LogP contribution in [-0.2, 0) is 25.5 Å². The van der Waals surface area contributed by atoms with Crippen LogP contribution in [0.25, 0.3) is 0 Å². The number of fused-ring (bicyclic) bond motifs is 1. The van der Waals surface area contributed by atoms with Crippen molar-refractivity contribution in [2.24, 2.45) is 11.8 Å². The van der Waals surface area contributed by atoms with Crippen molar-refractivity contribution in [2.45, 2.75) is 76.9 Å². The number of aliphatic carboxylic acids is 1. The zero-order valence-electron chi connectivity index (χ0n) is 19.2. The van der Waals surface area contributed by atoms with Crippen LogP contribution in [0.2, 0.25) is 0 Å². The maximum Gasteiger partial charge on any atom is 0.326 e. The summed E-state index contributed by atoms with van der Waals surface area (Å²) in [5.41, 5.74) is 1.10. The average Bonchev–Trinajstić information content (AvgIpc) is 2.80. The van der Waals surface area contributed by atoms with Crippen LogP contribution in [0.3, 0.4) is 0 Å². The van der Waals surface area contributed by atoms with E-state index in [1.807, 2.05) is 30.3 Å². The van der Waals surface area contributed by atoms with Gasteiger partial charge in [-0.15, -0.1) is 0 Å². The van der Waals surface area contributed by atoms with E-state index in [0.29, 0.717) is 37.6 Å². The zero-order valence-corrected chi connectivity index (χ0v) is 19.2. The fourth-order valence-electron chi connectivity index (χ4n) is 5.20. The molecule has 2 N–H and O–H groups in total. The molecule has 0 spiro atoms. The maximum absolute atomic E-state index is 13.3. The molecule has 0 aromatic heterocycles. The highest BCUT2D eigenvalue weighted by Gasteiger charge is 2.43. The van der Waals surface area contributed by atoms with E-state index in [4.69, 9.17) is 4.74 Å². The number of carbonyl (C=O) groups is 3. The summed E-state index contributed by atoms with van der Waals surface area (Å²) in [5.74, 6) is -0.829. The predicted molar refractivity (Wildman–Crippen MR) is 121 cm³/mol. The maximum atomic E-state index is 13.3. The molecular formula is C25H36N2O5. The first-order valence-corrected chi connectivity index (χ1v) is 11.9. The third-order valence-electron chi connectivity index (χ3n) is 6.93. The van der Waals surface area contributed by atoms with E-state index in [1.165, 1.54) is 4.90 Å². The number of hydrogen-bond acceptors (Lipinski definition) is 5. The summed E-state index contributed by atoms with van der Waals surface area (Å²) < 4.78 is 5.23. The van der Waals surface area contributed by atoms with Crippen LogP contribution in [0, 0.1) is 11.8 Å². The highest BCUT2D eigenvalue weighted by Crippen LogP contribution is 2.38. The molecule has 2 aliphatic rings. The van der Waals surface area contributed by atoms with Crippen molar-refractivity contribution < 1.29 is 24.2 Å². The number of esters is 1. The Bertz CT molecular complexity index is 784. The second kappa shape index (κ2) is 11.5. The fraction of sp³-hybridized carbons (Fsp3) is 0.640. The van der Waals surface area contributed by atoms with Gasteiger partial charge in [-0.05, 0) is 56.9 Å². The number of benzene rings is 1. The Morgan fingerprint density at radius 1 is 1.16 bits per heavy atom. The summed E-state index contributed by atoms with van der Waals surface area (Å²) in [5, 5.41) is 12.9. The third-order valence-corrected chi connectivity index (χ3v) is 6.93. The van der Waals surface area contributed by atoms with E-state index < -0.39 is 24.1 Å². The second-order valence-corrected chi connectivity index (χ2v) is 9.10. The van der Waals surface area contributed by atoms with Gasteiger partial charge in [0.1, 0.15) is 12.1 Å². The van der Waals surface area contributed by atoms with Crippen LogP contribution in [-0.4, -0.2) is 59.1 Å². The number of carbonyl (C=O) groups excluding carboxylic acids is 2.